The van der Waals surface area contributed by atoms with Crippen LogP contribution in [0.4, 0.5) is 0 Å². The van der Waals surface area contributed by atoms with Crippen molar-refractivity contribution in [2.24, 2.45) is 0 Å². The van der Waals surface area contributed by atoms with Gasteiger partial charge in [0.2, 0.25) is 0 Å². The van der Waals surface area contributed by atoms with E-state index in [0.29, 0.717) is 17.9 Å². The minimum atomic E-state index is -0.515. The fourth-order valence-corrected chi connectivity index (χ4v) is 2.59. The van der Waals surface area contributed by atoms with Crippen LogP contribution in [0, 0.1) is 0 Å². The van der Waals surface area contributed by atoms with E-state index in [9.17, 15) is 9.59 Å². The van der Waals surface area contributed by atoms with Gasteiger partial charge in [-0.05, 0) is 42.7 Å². The first-order valence-corrected chi connectivity index (χ1v) is 8.54. The van der Waals surface area contributed by atoms with E-state index in [1.54, 1.807) is 24.3 Å². The van der Waals surface area contributed by atoms with Crippen molar-refractivity contribution in [3.05, 3.63) is 71.8 Å². The van der Waals surface area contributed by atoms with E-state index in [0.717, 1.165) is 18.4 Å². The van der Waals surface area contributed by atoms with Crippen LogP contribution < -0.4 is 4.74 Å². The van der Waals surface area contributed by atoms with Gasteiger partial charge in [0.1, 0.15) is 12.4 Å². The molecule has 1 saturated heterocycles. The maximum atomic E-state index is 12.1. The topological polar surface area (TPSA) is 61.8 Å². The van der Waals surface area contributed by atoms with Crippen molar-refractivity contribution in [2.75, 3.05) is 13.2 Å². The summed E-state index contributed by atoms with van der Waals surface area (Å²) in [5.41, 5.74) is 1.23. The van der Waals surface area contributed by atoms with Crippen molar-refractivity contribution in [2.45, 2.75) is 18.9 Å². The first-order chi connectivity index (χ1) is 12.7. The van der Waals surface area contributed by atoms with Gasteiger partial charge in [-0.25, -0.2) is 9.59 Å². The lowest BCUT2D eigenvalue weighted by molar-refractivity contribution is -0.128. The molecule has 0 spiro atoms. The molecular weight excluding hydrogens is 332 g/mol. The molecule has 2 aromatic carbocycles. The molecule has 2 aromatic rings. The highest BCUT2D eigenvalue weighted by atomic mass is 16.6. The molecule has 0 radical (unpaired) electrons. The molecule has 0 aliphatic carbocycles. The monoisotopic (exact) mass is 352 g/mol. The molecule has 134 valence electrons. The molecule has 3 rings (SSSR count). The molecule has 0 amide bonds. The maximum absolute atomic E-state index is 12.1. The first kappa shape index (κ1) is 17.9. The summed E-state index contributed by atoms with van der Waals surface area (Å²) in [7, 11) is 0. The zero-order chi connectivity index (χ0) is 18.2. The van der Waals surface area contributed by atoms with E-state index < -0.39 is 11.9 Å². The average Bonchev–Trinajstić information content (AvgIpc) is 3.19. The van der Waals surface area contributed by atoms with Crippen LogP contribution in [0.5, 0.6) is 5.75 Å². The molecule has 1 heterocycles. The van der Waals surface area contributed by atoms with Gasteiger partial charge in [-0.3, -0.25) is 0 Å². The minimum Gasteiger partial charge on any atom is -0.459 e. The summed E-state index contributed by atoms with van der Waals surface area (Å²) in [6.45, 7) is 0.951. The number of hydrogen-bond donors (Lipinski definition) is 0. The van der Waals surface area contributed by atoms with E-state index in [4.69, 9.17) is 14.2 Å². The Morgan fingerprint density at radius 1 is 1.12 bits per heavy atom. The van der Waals surface area contributed by atoms with Crippen molar-refractivity contribution >= 4 is 18.0 Å². The predicted molar refractivity (Wildman–Crippen MR) is 96.8 cm³/mol. The molecule has 5 heteroatoms. The van der Waals surface area contributed by atoms with Gasteiger partial charge < -0.3 is 14.2 Å². The van der Waals surface area contributed by atoms with Gasteiger partial charge in [0, 0.05) is 12.7 Å². The van der Waals surface area contributed by atoms with Gasteiger partial charge in [-0.15, -0.1) is 0 Å². The number of rotatable bonds is 6. The SMILES string of the molecule is O=C(/C=C/c1ccccc1)Oc1cccc(C(=O)OCC2CCCO2)c1. The largest absolute Gasteiger partial charge is 0.459 e. The molecular formula is C21H20O5. The predicted octanol–water partition coefficient (Wildman–Crippen LogP) is 3.64. The number of ether oxygens (including phenoxy) is 3. The fourth-order valence-electron chi connectivity index (χ4n) is 2.59. The van der Waals surface area contributed by atoms with Crippen LogP contribution in [0.15, 0.2) is 60.7 Å². The smallest absolute Gasteiger partial charge is 0.338 e. The van der Waals surface area contributed by atoms with Crippen LogP contribution in [-0.2, 0) is 14.3 Å². The quantitative estimate of drug-likeness (QED) is 0.451. The molecule has 5 nitrogen and oxygen atoms in total. The van der Waals surface area contributed by atoms with Crippen LogP contribution in [0.2, 0.25) is 0 Å². The third-order valence-corrected chi connectivity index (χ3v) is 3.92. The van der Waals surface area contributed by atoms with Crippen LogP contribution in [0.25, 0.3) is 6.08 Å². The normalized spacial score (nSPS) is 16.5. The Kier molecular flexibility index (Phi) is 6.17. The summed E-state index contributed by atoms with van der Waals surface area (Å²) < 4.78 is 15.9. The van der Waals surface area contributed by atoms with Gasteiger partial charge >= 0.3 is 11.9 Å². The van der Waals surface area contributed by atoms with E-state index >= 15 is 0 Å². The van der Waals surface area contributed by atoms with Gasteiger partial charge in [-0.2, -0.15) is 0 Å². The van der Waals surface area contributed by atoms with Gasteiger partial charge in [0.25, 0.3) is 0 Å². The molecule has 1 atom stereocenters. The summed E-state index contributed by atoms with van der Waals surface area (Å²) in [5, 5.41) is 0. The molecule has 1 aliphatic heterocycles. The maximum Gasteiger partial charge on any atom is 0.338 e. The second kappa shape index (κ2) is 8.97. The number of esters is 2. The zero-order valence-electron chi connectivity index (χ0n) is 14.3. The summed E-state index contributed by atoms with van der Waals surface area (Å²) in [4.78, 5) is 24.0. The second-order valence-corrected chi connectivity index (χ2v) is 5.93. The van der Waals surface area contributed by atoms with Gasteiger partial charge in [0.05, 0.1) is 11.7 Å². The third kappa shape index (κ3) is 5.29. The fraction of sp³-hybridized carbons (Fsp3) is 0.238. The number of carbonyl (C=O) groups is 2. The summed E-state index contributed by atoms with van der Waals surface area (Å²) in [6.07, 6.45) is 4.88. The highest BCUT2D eigenvalue weighted by Gasteiger charge is 2.18. The zero-order valence-corrected chi connectivity index (χ0v) is 14.3. The van der Waals surface area contributed by atoms with E-state index in [1.165, 1.54) is 12.1 Å². The van der Waals surface area contributed by atoms with Crippen molar-refractivity contribution in [1.29, 1.82) is 0 Å². The summed E-state index contributed by atoms with van der Waals surface area (Å²) in [6, 6.07) is 15.8. The van der Waals surface area contributed by atoms with E-state index in [2.05, 4.69) is 0 Å². The Hall–Kier alpha value is -2.92. The van der Waals surface area contributed by atoms with Crippen LogP contribution in [0.1, 0.15) is 28.8 Å². The van der Waals surface area contributed by atoms with Crippen molar-refractivity contribution in [1.82, 2.24) is 0 Å². The molecule has 0 aromatic heterocycles. The standard InChI is InChI=1S/C21H20O5/c22-20(12-11-16-6-2-1-3-7-16)26-18-9-4-8-17(14-18)21(23)25-15-19-10-5-13-24-19/h1-4,6-9,11-12,14,19H,5,10,13,15H2/b12-11+. The highest BCUT2D eigenvalue weighted by Crippen LogP contribution is 2.17. The summed E-state index contributed by atoms with van der Waals surface area (Å²) >= 11 is 0. The minimum absolute atomic E-state index is 0.0249. The first-order valence-electron chi connectivity index (χ1n) is 8.54. The molecule has 26 heavy (non-hydrogen) atoms. The summed E-state index contributed by atoms with van der Waals surface area (Å²) in [5.74, 6) is -0.684. The average molecular weight is 352 g/mol. The highest BCUT2D eigenvalue weighted by molar-refractivity contribution is 5.91. The Morgan fingerprint density at radius 2 is 1.96 bits per heavy atom. The number of hydrogen-bond acceptors (Lipinski definition) is 5. The van der Waals surface area contributed by atoms with E-state index in [-0.39, 0.29) is 12.7 Å². The van der Waals surface area contributed by atoms with Crippen molar-refractivity contribution in [3.8, 4) is 5.75 Å². The molecule has 0 bridgehead atoms. The Morgan fingerprint density at radius 3 is 2.73 bits per heavy atom. The number of benzene rings is 2. The third-order valence-electron chi connectivity index (χ3n) is 3.92. The molecule has 1 aliphatic rings. The number of carbonyl (C=O) groups excluding carboxylic acids is 2. The second-order valence-electron chi connectivity index (χ2n) is 5.93. The molecule has 0 saturated carbocycles. The van der Waals surface area contributed by atoms with Crippen LogP contribution in [-0.4, -0.2) is 31.3 Å². The van der Waals surface area contributed by atoms with Gasteiger partial charge in [0.15, 0.2) is 0 Å². The Labute approximate surface area is 152 Å². The van der Waals surface area contributed by atoms with Crippen molar-refractivity contribution < 1.29 is 23.8 Å². The Balaban J connectivity index is 1.55. The lowest BCUT2D eigenvalue weighted by atomic mass is 10.2. The lowest BCUT2D eigenvalue weighted by Gasteiger charge is -2.10. The van der Waals surface area contributed by atoms with Crippen LogP contribution >= 0.6 is 0 Å². The molecule has 0 N–H and O–H groups in total. The molecule has 1 fully saturated rings. The van der Waals surface area contributed by atoms with E-state index in [1.807, 2.05) is 30.3 Å². The van der Waals surface area contributed by atoms with Gasteiger partial charge in [-0.1, -0.05) is 36.4 Å². The lowest BCUT2D eigenvalue weighted by Crippen LogP contribution is -2.17. The van der Waals surface area contributed by atoms with Crippen LogP contribution in [0.3, 0.4) is 0 Å². The van der Waals surface area contributed by atoms with Crippen molar-refractivity contribution in [3.63, 3.8) is 0 Å². The molecule has 1 unspecified atom stereocenters. The Bertz CT molecular complexity index is 776.